The second-order valence-corrected chi connectivity index (χ2v) is 6.80. The summed E-state index contributed by atoms with van der Waals surface area (Å²) in [6, 6.07) is 23.1. The van der Waals surface area contributed by atoms with Gasteiger partial charge in [0.05, 0.1) is 5.56 Å². The SMILES string of the molecule is C[C@@H](OC(=O)c1ccccc1Cc1ccccc1)C(=O)Nc1ccc(C(N)=O)cc1. The molecule has 0 spiro atoms. The maximum atomic E-state index is 12.7. The monoisotopic (exact) mass is 402 g/mol. The van der Waals surface area contributed by atoms with Gasteiger partial charge in [0.15, 0.2) is 6.10 Å². The molecule has 0 aliphatic rings. The zero-order chi connectivity index (χ0) is 21.5. The van der Waals surface area contributed by atoms with Crippen LogP contribution >= 0.6 is 0 Å². The quantitative estimate of drug-likeness (QED) is 0.590. The van der Waals surface area contributed by atoms with Gasteiger partial charge in [-0.1, -0.05) is 48.5 Å². The Morgan fingerprint density at radius 2 is 1.53 bits per heavy atom. The van der Waals surface area contributed by atoms with Gasteiger partial charge < -0.3 is 15.8 Å². The Morgan fingerprint density at radius 1 is 0.900 bits per heavy atom. The Balaban J connectivity index is 1.65. The normalized spacial score (nSPS) is 11.4. The van der Waals surface area contributed by atoms with Crippen molar-refractivity contribution in [3.63, 3.8) is 0 Å². The van der Waals surface area contributed by atoms with E-state index in [1.165, 1.54) is 19.1 Å². The topological polar surface area (TPSA) is 98.5 Å². The van der Waals surface area contributed by atoms with Crippen LogP contribution in [0.1, 0.15) is 38.8 Å². The van der Waals surface area contributed by atoms with Crippen LogP contribution in [0.2, 0.25) is 0 Å². The number of ether oxygens (including phenoxy) is 1. The van der Waals surface area contributed by atoms with Gasteiger partial charge in [-0.05, 0) is 54.8 Å². The van der Waals surface area contributed by atoms with E-state index in [-0.39, 0.29) is 0 Å². The number of benzene rings is 3. The first kappa shape index (κ1) is 20.8. The van der Waals surface area contributed by atoms with Crippen molar-refractivity contribution in [3.05, 3.63) is 101 Å². The number of carbonyl (C=O) groups is 3. The number of carbonyl (C=O) groups excluding carboxylic acids is 3. The molecule has 0 fully saturated rings. The summed E-state index contributed by atoms with van der Waals surface area (Å²) in [5.74, 6) is -1.59. The largest absolute Gasteiger partial charge is 0.449 e. The third kappa shape index (κ3) is 5.32. The number of rotatable bonds is 7. The van der Waals surface area contributed by atoms with Crippen LogP contribution in [0.5, 0.6) is 0 Å². The van der Waals surface area contributed by atoms with Gasteiger partial charge in [0.1, 0.15) is 0 Å². The summed E-state index contributed by atoms with van der Waals surface area (Å²) in [7, 11) is 0. The van der Waals surface area contributed by atoms with Gasteiger partial charge in [0.25, 0.3) is 5.91 Å². The summed E-state index contributed by atoms with van der Waals surface area (Å²) in [5.41, 5.74) is 8.32. The molecule has 3 aromatic rings. The van der Waals surface area contributed by atoms with Crippen molar-refractivity contribution in [2.75, 3.05) is 5.32 Å². The van der Waals surface area contributed by atoms with Gasteiger partial charge in [-0.25, -0.2) is 4.79 Å². The number of hydrogen-bond donors (Lipinski definition) is 2. The Labute approximate surface area is 174 Å². The average Bonchev–Trinajstić information content (AvgIpc) is 2.75. The summed E-state index contributed by atoms with van der Waals surface area (Å²) >= 11 is 0. The van der Waals surface area contributed by atoms with E-state index in [4.69, 9.17) is 10.5 Å². The molecule has 0 saturated carbocycles. The van der Waals surface area contributed by atoms with Crippen LogP contribution in [0.15, 0.2) is 78.9 Å². The van der Waals surface area contributed by atoms with Crippen molar-refractivity contribution in [2.45, 2.75) is 19.4 Å². The smallest absolute Gasteiger partial charge is 0.339 e. The van der Waals surface area contributed by atoms with Crippen molar-refractivity contribution in [1.29, 1.82) is 0 Å². The lowest BCUT2D eigenvalue weighted by Gasteiger charge is -2.15. The third-order valence-corrected chi connectivity index (χ3v) is 4.56. The molecule has 3 N–H and O–H groups in total. The molecule has 2 amide bonds. The van der Waals surface area contributed by atoms with Crippen molar-refractivity contribution in [3.8, 4) is 0 Å². The fourth-order valence-electron chi connectivity index (χ4n) is 2.93. The van der Waals surface area contributed by atoms with Crippen LogP contribution in [0, 0.1) is 0 Å². The van der Waals surface area contributed by atoms with E-state index in [0.717, 1.165) is 11.1 Å². The van der Waals surface area contributed by atoms with E-state index in [1.807, 2.05) is 42.5 Å². The Kier molecular flexibility index (Phi) is 6.60. The molecular weight excluding hydrogens is 380 g/mol. The highest BCUT2D eigenvalue weighted by atomic mass is 16.5. The molecule has 0 aromatic heterocycles. The first-order chi connectivity index (χ1) is 14.4. The molecule has 6 heteroatoms. The van der Waals surface area contributed by atoms with E-state index in [0.29, 0.717) is 23.2 Å². The van der Waals surface area contributed by atoms with Crippen molar-refractivity contribution >= 4 is 23.5 Å². The number of nitrogens with two attached hydrogens (primary N) is 1. The summed E-state index contributed by atoms with van der Waals surface area (Å²) in [4.78, 5) is 36.2. The van der Waals surface area contributed by atoms with Crippen molar-refractivity contribution in [2.24, 2.45) is 5.73 Å². The number of anilines is 1. The van der Waals surface area contributed by atoms with Gasteiger partial charge in [0, 0.05) is 11.3 Å². The van der Waals surface area contributed by atoms with Crippen LogP contribution in [-0.4, -0.2) is 23.9 Å². The van der Waals surface area contributed by atoms with Crippen molar-refractivity contribution < 1.29 is 19.1 Å². The number of hydrogen-bond acceptors (Lipinski definition) is 4. The van der Waals surface area contributed by atoms with Gasteiger partial charge in [-0.3, -0.25) is 9.59 Å². The lowest BCUT2D eigenvalue weighted by molar-refractivity contribution is -0.123. The number of esters is 1. The first-order valence-corrected chi connectivity index (χ1v) is 9.47. The van der Waals surface area contributed by atoms with Crippen LogP contribution in [0.25, 0.3) is 0 Å². The Hall–Kier alpha value is -3.93. The molecule has 0 saturated heterocycles. The van der Waals surface area contributed by atoms with Gasteiger partial charge >= 0.3 is 5.97 Å². The molecule has 152 valence electrons. The highest BCUT2D eigenvalue weighted by molar-refractivity contribution is 5.98. The molecular formula is C24H22N2O4. The molecule has 3 rings (SSSR count). The average molecular weight is 402 g/mol. The molecule has 1 atom stereocenters. The zero-order valence-electron chi connectivity index (χ0n) is 16.5. The van der Waals surface area contributed by atoms with E-state index >= 15 is 0 Å². The predicted octanol–water partition coefficient (Wildman–Crippen LogP) is 3.56. The lowest BCUT2D eigenvalue weighted by Crippen LogP contribution is -2.30. The van der Waals surface area contributed by atoms with E-state index in [2.05, 4.69) is 5.32 Å². The number of nitrogens with one attached hydrogen (secondary N) is 1. The molecule has 30 heavy (non-hydrogen) atoms. The molecule has 0 unspecified atom stereocenters. The summed E-state index contributed by atoms with van der Waals surface area (Å²) < 4.78 is 5.39. The molecule has 6 nitrogen and oxygen atoms in total. The van der Waals surface area contributed by atoms with E-state index in [9.17, 15) is 14.4 Å². The van der Waals surface area contributed by atoms with E-state index in [1.54, 1.807) is 24.3 Å². The standard InChI is InChI=1S/C24H22N2O4/c1-16(23(28)26-20-13-11-18(12-14-20)22(25)27)30-24(29)21-10-6-5-9-19(21)15-17-7-3-2-4-8-17/h2-14,16H,15H2,1H3,(H2,25,27)(H,26,28)/t16-/m1/s1. The second-order valence-electron chi connectivity index (χ2n) is 6.80. The minimum atomic E-state index is -1.00. The Bertz CT molecular complexity index is 1050. The second kappa shape index (κ2) is 9.52. The maximum Gasteiger partial charge on any atom is 0.339 e. The van der Waals surface area contributed by atoms with E-state index < -0.39 is 23.9 Å². The Morgan fingerprint density at radius 3 is 2.20 bits per heavy atom. The fourth-order valence-corrected chi connectivity index (χ4v) is 2.93. The number of primary amides is 1. The van der Waals surface area contributed by atoms with Gasteiger partial charge in [-0.2, -0.15) is 0 Å². The molecule has 0 aliphatic carbocycles. The predicted molar refractivity (Wildman–Crippen MR) is 114 cm³/mol. The molecule has 0 aliphatic heterocycles. The number of amides is 2. The fraction of sp³-hybridized carbons (Fsp3) is 0.125. The lowest BCUT2D eigenvalue weighted by atomic mass is 10.00. The van der Waals surface area contributed by atoms with Crippen molar-refractivity contribution in [1.82, 2.24) is 0 Å². The highest BCUT2D eigenvalue weighted by Crippen LogP contribution is 2.17. The van der Waals surface area contributed by atoms with Crippen LogP contribution < -0.4 is 11.1 Å². The van der Waals surface area contributed by atoms with Gasteiger partial charge in [0.2, 0.25) is 5.91 Å². The minimum absolute atomic E-state index is 0.336. The first-order valence-electron chi connectivity index (χ1n) is 9.47. The summed E-state index contributed by atoms with van der Waals surface area (Å²) in [5, 5.41) is 2.65. The minimum Gasteiger partial charge on any atom is -0.449 e. The molecule has 0 bridgehead atoms. The van der Waals surface area contributed by atoms with Crippen LogP contribution in [0.3, 0.4) is 0 Å². The molecule has 3 aromatic carbocycles. The summed E-state index contributed by atoms with van der Waals surface area (Å²) in [6.07, 6.45) is -0.420. The highest BCUT2D eigenvalue weighted by Gasteiger charge is 2.21. The third-order valence-electron chi connectivity index (χ3n) is 4.56. The van der Waals surface area contributed by atoms with Gasteiger partial charge in [-0.15, -0.1) is 0 Å². The maximum absolute atomic E-state index is 12.7. The zero-order valence-corrected chi connectivity index (χ0v) is 16.5. The van der Waals surface area contributed by atoms with Crippen LogP contribution in [-0.2, 0) is 16.0 Å². The molecule has 0 heterocycles. The van der Waals surface area contributed by atoms with Crippen LogP contribution in [0.4, 0.5) is 5.69 Å². The summed E-state index contributed by atoms with van der Waals surface area (Å²) in [6.45, 7) is 1.50. The molecule has 0 radical (unpaired) electrons.